The van der Waals surface area contributed by atoms with Crippen molar-refractivity contribution >= 4 is 29.1 Å². The van der Waals surface area contributed by atoms with Crippen LogP contribution in [0, 0.1) is 5.92 Å². The average Bonchev–Trinajstić information content (AvgIpc) is 2.67. The fourth-order valence-corrected chi connectivity index (χ4v) is 4.02. The smallest absolute Gasteiger partial charge is 0.231 e. The Bertz CT molecular complexity index is 767. The quantitative estimate of drug-likeness (QED) is 0.828. The Balaban J connectivity index is 1.53. The minimum absolute atomic E-state index is 0.0146. The largest absolute Gasteiger partial charge is 0.340 e. The van der Waals surface area contributed by atoms with E-state index in [2.05, 4.69) is 14.9 Å². The number of benzene rings is 1. The molecule has 2 aromatic rings. The third kappa shape index (κ3) is 3.33. The van der Waals surface area contributed by atoms with Gasteiger partial charge in [0.1, 0.15) is 0 Å². The molecular weight excluding hydrogens is 336 g/mol. The number of carbonyl (C=O) groups excluding carboxylic acids is 1. The fourth-order valence-electron chi connectivity index (χ4n) is 3.83. The molecule has 0 radical (unpaired) electrons. The number of hydrogen-bond acceptors (Lipinski definition) is 4. The summed E-state index contributed by atoms with van der Waals surface area (Å²) >= 11 is 6.12. The molecule has 0 aliphatic carbocycles. The first-order valence-electron chi connectivity index (χ1n) is 8.84. The van der Waals surface area contributed by atoms with E-state index in [4.69, 9.17) is 11.6 Å². The monoisotopic (exact) mass is 356 g/mol. The van der Waals surface area contributed by atoms with Gasteiger partial charge >= 0.3 is 0 Å². The van der Waals surface area contributed by atoms with Crippen molar-refractivity contribution in [3.63, 3.8) is 0 Å². The molecule has 1 aromatic heterocycles. The zero-order valence-electron chi connectivity index (χ0n) is 14.1. The molecule has 2 aliphatic heterocycles. The van der Waals surface area contributed by atoms with E-state index in [1.807, 2.05) is 29.2 Å². The lowest BCUT2D eigenvalue weighted by Gasteiger charge is -2.37. The number of aryl methyl sites for hydroxylation is 1. The van der Waals surface area contributed by atoms with E-state index >= 15 is 0 Å². The van der Waals surface area contributed by atoms with Gasteiger partial charge in [0.25, 0.3) is 0 Å². The van der Waals surface area contributed by atoms with Crippen LogP contribution in [0.4, 0.5) is 11.6 Å². The summed E-state index contributed by atoms with van der Waals surface area (Å²) in [5.41, 5.74) is 2.19. The van der Waals surface area contributed by atoms with Crippen molar-refractivity contribution in [1.29, 1.82) is 0 Å². The Kier molecular flexibility index (Phi) is 4.57. The Morgan fingerprint density at radius 2 is 2.00 bits per heavy atom. The van der Waals surface area contributed by atoms with Gasteiger partial charge < -0.3 is 9.80 Å². The van der Waals surface area contributed by atoms with Crippen LogP contribution in [0.5, 0.6) is 0 Å². The third-order valence-corrected chi connectivity index (χ3v) is 5.27. The highest BCUT2D eigenvalue weighted by atomic mass is 35.5. The predicted octanol–water partition coefficient (Wildman–Crippen LogP) is 3.33. The molecular formula is C19H21ClN4O. The highest BCUT2D eigenvalue weighted by Crippen LogP contribution is 2.32. The zero-order chi connectivity index (χ0) is 17.2. The molecule has 0 spiro atoms. The topological polar surface area (TPSA) is 49.3 Å². The molecule has 0 bridgehead atoms. The van der Waals surface area contributed by atoms with Gasteiger partial charge in [-0.2, -0.15) is 0 Å². The second-order valence-electron chi connectivity index (χ2n) is 6.70. The van der Waals surface area contributed by atoms with E-state index in [0.29, 0.717) is 12.5 Å². The minimum atomic E-state index is -0.0146. The standard InChI is InChI=1S/C19H21ClN4O/c20-16-6-7-17-14(12-16)4-2-11-24(17)18(25)15-5-1-10-23(13-15)19-21-8-3-9-22-19/h3,6-9,12,15H,1-2,4-5,10-11,13H2. The maximum atomic E-state index is 13.2. The number of amides is 1. The van der Waals surface area contributed by atoms with Crippen LogP contribution in [0.1, 0.15) is 24.8 Å². The van der Waals surface area contributed by atoms with E-state index in [1.165, 1.54) is 5.56 Å². The summed E-state index contributed by atoms with van der Waals surface area (Å²) in [7, 11) is 0. The second kappa shape index (κ2) is 7.00. The lowest BCUT2D eigenvalue weighted by Crippen LogP contribution is -2.46. The summed E-state index contributed by atoms with van der Waals surface area (Å²) < 4.78 is 0. The number of fused-ring (bicyclic) bond motifs is 1. The average molecular weight is 357 g/mol. The van der Waals surface area contributed by atoms with Crippen molar-refractivity contribution in [3.05, 3.63) is 47.2 Å². The Hall–Kier alpha value is -2.14. The van der Waals surface area contributed by atoms with E-state index in [-0.39, 0.29) is 11.8 Å². The van der Waals surface area contributed by atoms with Crippen LogP contribution in [0.25, 0.3) is 0 Å². The van der Waals surface area contributed by atoms with Gasteiger partial charge in [0.05, 0.1) is 5.92 Å². The lowest BCUT2D eigenvalue weighted by molar-refractivity contribution is -0.122. The summed E-state index contributed by atoms with van der Waals surface area (Å²) in [5, 5.41) is 0.734. The Morgan fingerprint density at radius 3 is 2.84 bits per heavy atom. The molecule has 1 atom stereocenters. The summed E-state index contributed by atoms with van der Waals surface area (Å²) in [6.07, 6.45) is 7.36. The van der Waals surface area contributed by atoms with Gasteiger partial charge in [-0.1, -0.05) is 11.6 Å². The zero-order valence-corrected chi connectivity index (χ0v) is 14.8. The second-order valence-corrected chi connectivity index (χ2v) is 7.14. The van der Waals surface area contributed by atoms with Gasteiger partial charge in [-0.25, -0.2) is 9.97 Å². The highest BCUT2D eigenvalue weighted by Gasteiger charge is 2.32. The van der Waals surface area contributed by atoms with Crippen molar-refractivity contribution in [3.8, 4) is 0 Å². The van der Waals surface area contributed by atoms with Gasteiger partial charge in [-0.05, 0) is 55.5 Å². The van der Waals surface area contributed by atoms with Crippen LogP contribution < -0.4 is 9.80 Å². The molecule has 1 unspecified atom stereocenters. The van der Waals surface area contributed by atoms with Crippen molar-refractivity contribution < 1.29 is 4.79 Å². The molecule has 3 heterocycles. The predicted molar refractivity (Wildman–Crippen MR) is 99.1 cm³/mol. The van der Waals surface area contributed by atoms with Gasteiger partial charge in [0.2, 0.25) is 11.9 Å². The van der Waals surface area contributed by atoms with Gasteiger partial charge in [0, 0.05) is 42.7 Å². The SMILES string of the molecule is O=C(C1CCCN(c2ncccn2)C1)N1CCCc2cc(Cl)ccc21. The summed E-state index contributed by atoms with van der Waals surface area (Å²) in [4.78, 5) is 25.9. The summed E-state index contributed by atoms with van der Waals surface area (Å²) in [6, 6.07) is 7.65. The maximum Gasteiger partial charge on any atom is 0.231 e. The number of piperidine rings is 1. The number of nitrogens with zero attached hydrogens (tertiary/aromatic N) is 4. The summed E-state index contributed by atoms with van der Waals surface area (Å²) in [5.74, 6) is 0.911. The number of halogens is 1. The molecule has 1 aromatic carbocycles. The first-order chi connectivity index (χ1) is 12.2. The molecule has 1 saturated heterocycles. The minimum Gasteiger partial charge on any atom is -0.340 e. The maximum absolute atomic E-state index is 13.2. The van der Waals surface area contributed by atoms with Crippen molar-refractivity contribution in [2.45, 2.75) is 25.7 Å². The van der Waals surface area contributed by atoms with Crippen molar-refractivity contribution in [2.24, 2.45) is 5.92 Å². The molecule has 1 amide bonds. The molecule has 4 rings (SSSR count). The van der Waals surface area contributed by atoms with E-state index in [9.17, 15) is 4.79 Å². The summed E-state index contributed by atoms with van der Waals surface area (Å²) in [6.45, 7) is 2.37. The van der Waals surface area contributed by atoms with Gasteiger partial charge in [0.15, 0.2) is 0 Å². The van der Waals surface area contributed by atoms with Crippen molar-refractivity contribution in [1.82, 2.24) is 9.97 Å². The van der Waals surface area contributed by atoms with Crippen LogP contribution in [-0.4, -0.2) is 35.5 Å². The number of carbonyl (C=O) groups is 1. The van der Waals surface area contributed by atoms with Crippen LogP contribution >= 0.6 is 11.6 Å². The fraction of sp³-hybridized carbons (Fsp3) is 0.421. The molecule has 5 nitrogen and oxygen atoms in total. The molecule has 1 fully saturated rings. The molecule has 0 saturated carbocycles. The highest BCUT2D eigenvalue weighted by molar-refractivity contribution is 6.30. The number of aromatic nitrogens is 2. The van der Waals surface area contributed by atoms with Crippen LogP contribution in [0.2, 0.25) is 5.02 Å². The normalized spacial score (nSPS) is 20.3. The molecule has 130 valence electrons. The lowest BCUT2D eigenvalue weighted by atomic mass is 9.94. The van der Waals surface area contributed by atoms with E-state index in [1.54, 1.807) is 12.4 Å². The van der Waals surface area contributed by atoms with Crippen LogP contribution in [-0.2, 0) is 11.2 Å². The third-order valence-electron chi connectivity index (χ3n) is 5.03. The Morgan fingerprint density at radius 1 is 1.16 bits per heavy atom. The van der Waals surface area contributed by atoms with E-state index < -0.39 is 0 Å². The van der Waals surface area contributed by atoms with Crippen LogP contribution in [0.3, 0.4) is 0 Å². The van der Waals surface area contributed by atoms with E-state index in [0.717, 1.165) is 49.5 Å². The van der Waals surface area contributed by atoms with Crippen molar-refractivity contribution in [2.75, 3.05) is 29.4 Å². The number of rotatable bonds is 2. The molecule has 0 N–H and O–H groups in total. The van der Waals surface area contributed by atoms with Crippen LogP contribution in [0.15, 0.2) is 36.7 Å². The first kappa shape index (κ1) is 16.3. The van der Waals surface area contributed by atoms with Gasteiger partial charge in [-0.15, -0.1) is 0 Å². The molecule has 6 heteroatoms. The molecule has 2 aliphatic rings. The number of hydrogen-bond donors (Lipinski definition) is 0. The first-order valence-corrected chi connectivity index (χ1v) is 9.22. The Labute approximate surface area is 152 Å². The molecule has 25 heavy (non-hydrogen) atoms. The number of anilines is 2. The van der Waals surface area contributed by atoms with Gasteiger partial charge in [-0.3, -0.25) is 4.79 Å².